The molecule has 0 spiro atoms. The van der Waals surface area contributed by atoms with Crippen LogP contribution >= 0.6 is 11.6 Å². The molecule has 0 bridgehead atoms. The van der Waals surface area contributed by atoms with E-state index in [9.17, 15) is 4.79 Å². The Morgan fingerprint density at radius 1 is 1.53 bits per heavy atom. The van der Waals surface area contributed by atoms with Gasteiger partial charge in [0.25, 0.3) is 0 Å². The second-order valence-electron chi connectivity index (χ2n) is 3.17. The smallest absolute Gasteiger partial charge is 0.172 e. The molecule has 0 aromatic carbocycles. The lowest BCUT2D eigenvalue weighted by Gasteiger charge is -2.06. The molecule has 2 aromatic heterocycles. The van der Waals surface area contributed by atoms with Gasteiger partial charge in [-0.05, 0) is 6.07 Å². The molecule has 17 heavy (non-hydrogen) atoms. The molecule has 0 aliphatic rings. The number of pyridine rings is 1. The fourth-order valence-corrected chi connectivity index (χ4v) is 1.54. The van der Waals surface area contributed by atoms with Crippen LogP contribution in [-0.4, -0.2) is 28.2 Å². The van der Waals surface area contributed by atoms with Gasteiger partial charge in [-0.15, -0.1) is 0 Å². The van der Waals surface area contributed by atoms with E-state index >= 15 is 0 Å². The van der Waals surface area contributed by atoms with Crippen molar-refractivity contribution in [2.75, 3.05) is 12.6 Å². The van der Waals surface area contributed by atoms with Crippen LogP contribution in [0, 0.1) is 0 Å². The molecule has 2 aromatic rings. The summed E-state index contributed by atoms with van der Waals surface area (Å²) in [6.45, 7) is 0. The summed E-state index contributed by atoms with van der Waals surface area (Å²) < 4.78 is 1.43. The van der Waals surface area contributed by atoms with Crippen LogP contribution in [-0.2, 0) is 4.84 Å². The summed E-state index contributed by atoms with van der Waals surface area (Å²) in [4.78, 5) is 19.4. The Hall–Kier alpha value is -1.92. The molecule has 2 rings (SSSR count). The van der Waals surface area contributed by atoms with E-state index in [0.29, 0.717) is 28.4 Å². The molecule has 1 N–H and O–H groups in total. The molecule has 88 valence electrons. The number of anilines is 1. The standard InChI is InChI=1S/C10H9ClN4O2/c1-17-14-8-2-9(11)10(12-4-8)15-5-7(6-16)3-13-15/h2-6,14H,1H3. The molecule has 0 unspecified atom stereocenters. The van der Waals surface area contributed by atoms with E-state index in [2.05, 4.69) is 15.6 Å². The molecule has 7 heteroatoms. The molecule has 6 nitrogen and oxygen atoms in total. The highest BCUT2D eigenvalue weighted by Crippen LogP contribution is 2.21. The van der Waals surface area contributed by atoms with Gasteiger partial charge in [-0.3, -0.25) is 15.1 Å². The summed E-state index contributed by atoms with van der Waals surface area (Å²) in [5.41, 5.74) is 3.70. The summed E-state index contributed by atoms with van der Waals surface area (Å²) in [5.74, 6) is 0.446. The maximum atomic E-state index is 10.5. The van der Waals surface area contributed by atoms with Crippen LogP contribution in [0.5, 0.6) is 0 Å². The van der Waals surface area contributed by atoms with E-state index in [1.807, 2.05) is 0 Å². The summed E-state index contributed by atoms with van der Waals surface area (Å²) in [5, 5.41) is 4.38. The summed E-state index contributed by atoms with van der Waals surface area (Å²) in [7, 11) is 1.49. The monoisotopic (exact) mass is 252 g/mol. The minimum absolute atomic E-state index is 0.396. The van der Waals surface area contributed by atoms with Gasteiger partial charge in [0.2, 0.25) is 0 Å². The number of halogens is 1. The molecule has 0 saturated heterocycles. The SMILES string of the molecule is CONc1cnc(-n2cc(C=O)cn2)c(Cl)c1. The summed E-state index contributed by atoms with van der Waals surface area (Å²) in [6.07, 6.45) is 5.24. The van der Waals surface area contributed by atoms with E-state index in [0.717, 1.165) is 0 Å². The second-order valence-corrected chi connectivity index (χ2v) is 3.58. The van der Waals surface area contributed by atoms with Gasteiger partial charge in [-0.25, -0.2) is 9.67 Å². The van der Waals surface area contributed by atoms with Crippen molar-refractivity contribution in [3.8, 4) is 5.82 Å². The highest BCUT2D eigenvalue weighted by molar-refractivity contribution is 6.32. The number of nitrogens with one attached hydrogen (secondary N) is 1. The van der Waals surface area contributed by atoms with Crippen molar-refractivity contribution in [1.29, 1.82) is 0 Å². The maximum Gasteiger partial charge on any atom is 0.172 e. The topological polar surface area (TPSA) is 69.0 Å². The highest BCUT2D eigenvalue weighted by Gasteiger charge is 2.07. The number of nitrogens with zero attached hydrogens (tertiary/aromatic N) is 3. The number of carbonyl (C=O) groups is 1. The number of aromatic nitrogens is 3. The summed E-state index contributed by atoms with van der Waals surface area (Å²) >= 11 is 6.04. The molecular formula is C10H9ClN4O2. The third-order valence-electron chi connectivity index (χ3n) is 2.00. The van der Waals surface area contributed by atoms with Crippen LogP contribution < -0.4 is 5.48 Å². The number of aldehydes is 1. The minimum atomic E-state index is 0.396. The van der Waals surface area contributed by atoms with E-state index in [1.54, 1.807) is 18.5 Å². The van der Waals surface area contributed by atoms with Gasteiger partial charge in [0, 0.05) is 6.20 Å². The zero-order valence-corrected chi connectivity index (χ0v) is 9.68. The molecule has 0 saturated carbocycles. The van der Waals surface area contributed by atoms with Gasteiger partial charge >= 0.3 is 0 Å². The quantitative estimate of drug-likeness (QED) is 0.663. The Balaban J connectivity index is 2.35. The Kier molecular flexibility index (Phi) is 3.36. The van der Waals surface area contributed by atoms with E-state index in [4.69, 9.17) is 16.4 Å². The predicted molar refractivity (Wildman–Crippen MR) is 62.4 cm³/mol. The van der Waals surface area contributed by atoms with Crippen molar-refractivity contribution < 1.29 is 9.63 Å². The number of rotatable bonds is 4. The first kappa shape index (κ1) is 11.6. The molecule has 0 fully saturated rings. The van der Waals surface area contributed by atoms with Gasteiger partial charge < -0.3 is 0 Å². The van der Waals surface area contributed by atoms with Gasteiger partial charge in [0.15, 0.2) is 12.1 Å². The van der Waals surface area contributed by atoms with Crippen LogP contribution in [0.2, 0.25) is 5.02 Å². The zero-order chi connectivity index (χ0) is 12.3. The number of hydrogen-bond donors (Lipinski definition) is 1. The third kappa shape index (κ3) is 2.43. The number of carbonyl (C=O) groups excluding carboxylic acids is 1. The Bertz CT molecular complexity index is 541. The van der Waals surface area contributed by atoms with Crippen LogP contribution in [0.4, 0.5) is 5.69 Å². The van der Waals surface area contributed by atoms with E-state index < -0.39 is 0 Å². The first-order valence-corrected chi connectivity index (χ1v) is 5.07. The third-order valence-corrected chi connectivity index (χ3v) is 2.28. The van der Waals surface area contributed by atoms with Crippen molar-refractivity contribution in [2.45, 2.75) is 0 Å². The van der Waals surface area contributed by atoms with Gasteiger partial charge in [-0.1, -0.05) is 11.6 Å². The first-order valence-electron chi connectivity index (χ1n) is 4.69. The normalized spacial score (nSPS) is 10.2. The van der Waals surface area contributed by atoms with Crippen LogP contribution in [0.15, 0.2) is 24.7 Å². The van der Waals surface area contributed by atoms with Crippen LogP contribution in [0.1, 0.15) is 10.4 Å². The molecule has 0 amide bonds. The largest absolute Gasteiger partial charge is 0.298 e. The fourth-order valence-electron chi connectivity index (χ4n) is 1.29. The molecule has 0 atom stereocenters. The number of hydrogen-bond acceptors (Lipinski definition) is 5. The average molecular weight is 253 g/mol. The second kappa shape index (κ2) is 4.94. The van der Waals surface area contributed by atoms with Crippen LogP contribution in [0.3, 0.4) is 0 Å². The molecule has 0 aliphatic heterocycles. The minimum Gasteiger partial charge on any atom is -0.298 e. The van der Waals surface area contributed by atoms with Crippen molar-refractivity contribution in [2.24, 2.45) is 0 Å². The average Bonchev–Trinajstić information content (AvgIpc) is 2.78. The van der Waals surface area contributed by atoms with Crippen molar-refractivity contribution >= 4 is 23.6 Å². The van der Waals surface area contributed by atoms with Gasteiger partial charge in [0.1, 0.15) is 0 Å². The van der Waals surface area contributed by atoms with Crippen molar-refractivity contribution in [1.82, 2.24) is 14.8 Å². The molecular weight excluding hydrogens is 244 g/mol. The van der Waals surface area contributed by atoms with Crippen molar-refractivity contribution in [3.63, 3.8) is 0 Å². The highest BCUT2D eigenvalue weighted by atomic mass is 35.5. The van der Waals surface area contributed by atoms with Gasteiger partial charge in [0.05, 0.1) is 35.8 Å². The molecule has 0 aliphatic carbocycles. The van der Waals surface area contributed by atoms with Crippen LogP contribution in [0.25, 0.3) is 5.82 Å². The maximum absolute atomic E-state index is 10.5. The Morgan fingerprint density at radius 2 is 2.35 bits per heavy atom. The lowest BCUT2D eigenvalue weighted by molar-refractivity contribution is 0.112. The van der Waals surface area contributed by atoms with E-state index in [1.165, 1.54) is 18.0 Å². The predicted octanol–water partition coefficient (Wildman–Crippen LogP) is 1.71. The molecule has 2 heterocycles. The Labute approximate surface area is 102 Å². The lowest BCUT2D eigenvalue weighted by atomic mass is 10.4. The fraction of sp³-hybridized carbons (Fsp3) is 0.100. The van der Waals surface area contributed by atoms with Crippen molar-refractivity contribution in [3.05, 3.63) is 35.2 Å². The molecule has 0 radical (unpaired) electrons. The van der Waals surface area contributed by atoms with E-state index in [-0.39, 0.29) is 0 Å². The summed E-state index contributed by atoms with van der Waals surface area (Å²) in [6, 6.07) is 1.65. The van der Waals surface area contributed by atoms with Gasteiger partial charge in [-0.2, -0.15) is 5.10 Å². The zero-order valence-electron chi connectivity index (χ0n) is 8.92. The first-order chi connectivity index (χ1) is 8.24. The lowest BCUT2D eigenvalue weighted by Crippen LogP contribution is -2.01. The Morgan fingerprint density at radius 3 is 2.94 bits per heavy atom.